The van der Waals surface area contributed by atoms with Crippen LogP contribution in [0.3, 0.4) is 0 Å². The minimum Gasteiger partial charge on any atom is -0.493 e. The second-order valence-electron chi connectivity index (χ2n) is 7.35. The van der Waals surface area contributed by atoms with Crippen LogP contribution in [0.15, 0.2) is 42.5 Å². The first-order chi connectivity index (χ1) is 14.6. The molecule has 2 aromatic carbocycles. The third kappa shape index (κ3) is 3.79. The molecule has 5 nitrogen and oxygen atoms in total. The number of methoxy groups -OCH3 is 1. The summed E-state index contributed by atoms with van der Waals surface area (Å²) in [6.07, 6.45) is 4.02. The first-order valence-electron chi connectivity index (χ1n) is 9.93. The highest BCUT2D eigenvalue weighted by molar-refractivity contribution is 5.79. The fourth-order valence-electron chi connectivity index (χ4n) is 3.95. The van der Waals surface area contributed by atoms with E-state index in [0.29, 0.717) is 29.5 Å². The van der Waals surface area contributed by atoms with Gasteiger partial charge in [0.15, 0.2) is 11.5 Å². The third-order valence-electron chi connectivity index (χ3n) is 5.45. The smallest absolute Gasteiger partial charge is 0.289 e. The van der Waals surface area contributed by atoms with Gasteiger partial charge in [0.1, 0.15) is 29.8 Å². The van der Waals surface area contributed by atoms with Crippen LogP contribution < -0.4 is 20.2 Å². The van der Waals surface area contributed by atoms with E-state index in [1.54, 1.807) is 19.2 Å². The van der Waals surface area contributed by atoms with Crippen molar-refractivity contribution >= 4 is 5.82 Å². The Kier molecular flexibility index (Phi) is 5.53. The monoisotopic (exact) mass is 404 g/mol. The number of nitrogens with one attached hydrogen (secondary N) is 1. The van der Waals surface area contributed by atoms with E-state index in [0.717, 1.165) is 53.6 Å². The summed E-state index contributed by atoms with van der Waals surface area (Å²) in [6, 6.07) is 14.1. The Labute approximate surface area is 174 Å². The number of aromatic amines is 1. The SMILES string of the molecule is COc1cc(-c2c(C#N)c(N)[nH+]c3c2CCCC3)ccc1OCc1ccc(F)cc1. The number of fused-ring (bicyclic) bond motifs is 1. The molecule has 0 bridgehead atoms. The van der Waals surface area contributed by atoms with E-state index in [-0.39, 0.29) is 5.82 Å². The standard InChI is InChI=1S/C24H22FN3O2/c1-29-22-12-16(8-11-21(22)30-14-15-6-9-17(25)10-7-15)23-18-4-2-3-5-20(18)28-24(27)19(23)13-26/h6-12H,2-5,14H2,1H3,(H2,27,28)/p+1. The maximum Gasteiger partial charge on any atom is 0.289 e. The number of pyridine rings is 1. The van der Waals surface area contributed by atoms with Crippen LogP contribution in [-0.4, -0.2) is 7.11 Å². The van der Waals surface area contributed by atoms with Gasteiger partial charge in [0, 0.05) is 17.5 Å². The number of nitrogen functional groups attached to an aromatic ring is 1. The highest BCUT2D eigenvalue weighted by Crippen LogP contribution is 2.38. The number of nitrogens with zero attached hydrogens (tertiary/aromatic N) is 1. The lowest BCUT2D eigenvalue weighted by molar-refractivity contribution is -0.374. The van der Waals surface area contributed by atoms with Crippen LogP contribution in [0.25, 0.3) is 11.1 Å². The number of aryl methyl sites for hydroxylation is 1. The van der Waals surface area contributed by atoms with Crippen LogP contribution in [0.2, 0.25) is 0 Å². The van der Waals surface area contributed by atoms with E-state index < -0.39 is 0 Å². The zero-order valence-electron chi connectivity index (χ0n) is 16.8. The normalized spacial score (nSPS) is 12.7. The van der Waals surface area contributed by atoms with E-state index in [2.05, 4.69) is 11.1 Å². The van der Waals surface area contributed by atoms with E-state index >= 15 is 0 Å². The van der Waals surface area contributed by atoms with Crippen molar-refractivity contribution < 1.29 is 18.8 Å². The molecule has 152 valence electrons. The Morgan fingerprint density at radius 2 is 1.87 bits per heavy atom. The van der Waals surface area contributed by atoms with Gasteiger partial charge in [-0.1, -0.05) is 18.2 Å². The van der Waals surface area contributed by atoms with Crippen molar-refractivity contribution in [2.24, 2.45) is 0 Å². The first kappa shape index (κ1) is 19.7. The van der Waals surface area contributed by atoms with Crippen LogP contribution in [0.4, 0.5) is 10.2 Å². The van der Waals surface area contributed by atoms with E-state index in [1.165, 1.54) is 12.1 Å². The molecule has 1 aliphatic rings. The number of nitriles is 1. The largest absolute Gasteiger partial charge is 0.493 e. The van der Waals surface area contributed by atoms with Crippen LogP contribution in [0, 0.1) is 17.1 Å². The fraction of sp³-hybridized carbons (Fsp3) is 0.250. The lowest BCUT2D eigenvalue weighted by Gasteiger charge is -2.19. The molecule has 0 unspecified atom stereocenters. The van der Waals surface area contributed by atoms with Gasteiger partial charge in [0.2, 0.25) is 0 Å². The maximum absolute atomic E-state index is 13.1. The van der Waals surface area contributed by atoms with Gasteiger partial charge in [-0.05, 0) is 54.7 Å². The van der Waals surface area contributed by atoms with Crippen molar-refractivity contribution in [2.75, 3.05) is 12.8 Å². The summed E-state index contributed by atoms with van der Waals surface area (Å²) in [5.74, 6) is 1.25. The predicted octanol–water partition coefficient (Wildman–Crippen LogP) is 4.23. The molecule has 6 heteroatoms. The van der Waals surface area contributed by atoms with E-state index in [4.69, 9.17) is 15.2 Å². The summed E-state index contributed by atoms with van der Waals surface area (Å²) < 4.78 is 24.5. The van der Waals surface area contributed by atoms with Crippen LogP contribution >= 0.6 is 0 Å². The van der Waals surface area contributed by atoms with Gasteiger partial charge in [-0.3, -0.25) is 5.73 Å². The van der Waals surface area contributed by atoms with Gasteiger partial charge < -0.3 is 9.47 Å². The topological polar surface area (TPSA) is 82.4 Å². The molecule has 3 aromatic rings. The zero-order valence-corrected chi connectivity index (χ0v) is 16.8. The van der Waals surface area contributed by atoms with Crippen molar-refractivity contribution in [2.45, 2.75) is 32.3 Å². The first-order valence-corrected chi connectivity index (χ1v) is 9.93. The summed E-state index contributed by atoms with van der Waals surface area (Å²) in [6.45, 7) is 0.294. The van der Waals surface area contributed by atoms with Crippen molar-refractivity contribution in [3.8, 4) is 28.7 Å². The van der Waals surface area contributed by atoms with Gasteiger partial charge in [-0.2, -0.15) is 5.26 Å². The fourth-order valence-corrected chi connectivity index (χ4v) is 3.95. The van der Waals surface area contributed by atoms with E-state index in [1.807, 2.05) is 18.2 Å². The Morgan fingerprint density at radius 3 is 2.60 bits per heavy atom. The molecule has 3 N–H and O–H groups in total. The molecule has 30 heavy (non-hydrogen) atoms. The van der Waals surface area contributed by atoms with Gasteiger partial charge in [-0.25, -0.2) is 9.37 Å². The lowest BCUT2D eigenvalue weighted by atomic mass is 9.86. The molecule has 0 saturated heterocycles. The van der Waals surface area contributed by atoms with Gasteiger partial charge in [0.05, 0.1) is 7.11 Å². The summed E-state index contributed by atoms with van der Waals surface area (Å²) in [5, 5.41) is 9.74. The number of hydrogen-bond acceptors (Lipinski definition) is 4. The number of rotatable bonds is 5. The maximum atomic E-state index is 13.1. The summed E-state index contributed by atoms with van der Waals surface area (Å²) >= 11 is 0. The molecule has 1 aliphatic carbocycles. The highest BCUT2D eigenvalue weighted by Gasteiger charge is 2.25. The number of benzene rings is 2. The second kappa shape index (κ2) is 8.42. The van der Waals surface area contributed by atoms with Crippen LogP contribution in [-0.2, 0) is 19.4 Å². The summed E-state index contributed by atoms with van der Waals surface area (Å²) in [4.78, 5) is 3.21. The van der Waals surface area contributed by atoms with Crippen molar-refractivity contribution in [3.05, 3.63) is 70.7 Å². The number of H-pyrrole nitrogens is 1. The number of anilines is 1. The molecule has 0 amide bonds. The average Bonchev–Trinajstić information content (AvgIpc) is 2.77. The molecule has 0 saturated carbocycles. The van der Waals surface area contributed by atoms with Crippen molar-refractivity contribution in [3.63, 3.8) is 0 Å². The molecule has 4 rings (SSSR count). The highest BCUT2D eigenvalue weighted by atomic mass is 19.1. The van der Waals surface area contributed by atoms with Crippen molar-refractivity contribution in [1.29, 1.82) is 5.26 Å². The molecule has 1 aromatic heterocycles. The minimum absolute atomic E-state index is 0.281. The Bertz CT molecular complexity index is 1120. The van der Waals surface area contributed by atoms with Crippen molar-refractivity contribution in [1.82, 2.24) is 0 Å². The minimum atomic E-state index is -0.281. The average molecular weight is 404 g/mol. The molecule has 0 atom stereocenters. The number of ether oxygens (including phenoxy) is 2. The Morgan fingerprint density at radius 1 is 1.10 bits per heavy atom. The lowest BCUT2D eigenvalue weighted by Crippen LogP contribution is -2.24. The van der Waals surface area contributed by atoms with E-state index in [9.17, 15) is 9.65 Å². The quantitative estimate of drug-likeness (QED) is 0.690. The predicted molar refractivity (Wildman–Crippen MR) is 111 cm³/mol. The van der Waals surface area contributed by atoms with Crippen LogP contribution in [0.1, 0.15) is 35.2 Å². The number of aromatic nitrogens is 1. The molecular formula is C24H23FN3O2+. The molecule has 0 radical (unpaired) electrons. The van der Waals surface area contributed by atoms with Gasteiger partial charge >= 0.3 is 0 Å². The van der Waals surface area contributed by atoms with Gasteiger partial charge in [-0.15, -0.1) is 0 Å². The molecule has 0 aliphatic heterocycles. The number of hydrogen-bond donors (Lipinski definition) is 1. The Hall–Kier alpha value is -3.59. The van der Waals surface area contributed by atoms with Crippen LogP contribution in [0.5, 0.6) is 11.5 Å². The molecular weight excluding hydrogens is 381 g/mol. The number of halogens is 1. The third-order valence-corrected chi connectivity index (χ3v) is 5.45. The summed E-state index contributed by atoms with van der Waals surface area (Å²) in [5.41, 5.74) is 11.5. The molecule has 0 spiro atoms. The number of nitrogens with two attached hydrogens (primary N) is 1. The Balaban J connectivity index is 1.70. The molecule has 1 heterocycles. The molecule has 0 fully saturated rings. The second-order valence-corrected chi connectivity index (χ2v) is 7.35. The zero-order chi connectivity index (χ0) is 21.1. The summed E-state index contributed by atoms with van der Waals surface area (Å²) in [7, 11) is 1.58. The van der Waals surface area contributed by atoms with Gasteiger partial charge in [0.25, 0.3) is 5.82 Å².